The van der Waals surface area contributed by atoms with E-state index in [9.17, 15) is 4.79 Å². The molecule has 1 unspecified atom stereocenters. The summed E-state index contributed by atoms with van der Waals surface area (Å²) in [4.78, 5) is 14.2. The van der Waals surface area contributed by atoms with E-state index in [0.717, 1.165) is 50.9 Å². The van der Waals surface area contributed by atoms with Gasteiger partial charge in [-0.2, -0.15) is 0 Å². The van der Waals surface area contributed by atoms with E-state index in [-0.39, 0.29) is 18.7 Å². The minimum atomic E-state index is 0.0242. The number of aliphatic hydroxyl groups is 1. The average molecular weight is 334 g/mol. The second-order valence-electron chi connectivity index (χ2n) is 6.66. The van der Waals surface area contributed by atoms with Crippen molar-refractivity contribution < 1.29 is 14.6 Å². The summed E-state index contributed by atoms with van der Waals surface area (Å²) in [5.74, 6) is 1.55. The maximum atomic E-state index is 12.3. The molecule has 0 saturated carbocycles. The van der Waals surface area contributed by atoms with Crippen molar-refractivity contribution in [1.82, 2.24) is 10.2 Å². The number of ether oxygens (including phenoxy) is 1. The van der Waals surface area contributed by atoms with Crippen molar-refractivity contribution in [2.24, 2.45) is 5.92 Å². The Kier molecular flexibility index (Phi) is 7.37. The Balaban J connectivity index is 1.77. The third-order valence-corrected chi connectivity index (χ3v) is 4.77. The molecule has 2 rings (SSSR count). The van der Waals surface area contributed by atoms with Crippen LogP contribution in [0.2, 0.25) is 0 Å². The lowest BCUT2D eigenvalue weighted by atomic mass is 9.90. The van der Waals surface area contributed by atoms with E-state index in [1.54, 1.807) is 7.11 Å². The first-order valence-corrected chi connectivity index (χ1v) is 8.92. The number of piperidine rings is 1. The van der Waals surface area contributed by atoms with E-state index in [2.05, 4.69) is 11.4 Å². The van der Waals surface area contributed by atoms with Crippen molar-refractivity contribution in [3.8, 4) is 5.75 Å². The van der Waals surface area contributed by atoms with E-state index in [4.69, 9.17) is 9.84 Å². The van der Waals surface area contributed by atoms with Gasteiger partial charge in [-0.1, -0.05) is 18.2 Å². The number of likely N-dealkylation sites (tertiary alicyclic amines) is 1. The lowest BCUT2D eigenvalue weighted by Gasteiger charge is -2.33. The van der Waals surface area contributed by atoms with Gasteiger partial charge in [0.25, 0.3) is 0 Å². The molecule has 24 heavy (non-hydrogen) atoms. The zero-order valence-corrected chi connectivity index (χ0v) is 14.8. The van der Waals surface area contributed by atoms with Crippen molar-refractivity contribution in [1.29, 1.82) is 0 Å². The lowest BCUT2D eigenvalue weighted by Crippen LogP contribution is -2.47. The van der Waals surface area contributed by atoms with Crippen LogP contribution in [0, 0.1) is 5.92 Å². The summed E-state index contributed by atoms with van der Waals surface area (Å²) in [6, 6.07) is 8.31. The number of carbonyl (C=O) groups is 1. The number of carbonyl (C=O) groups excluding carboxylic acids is 1. The second kappa shape index (κ2) is 9.52. The fourth-order valence-electron chi connectivity index (χ4n) is 3.29. The average Bonchev–Trinajstić information content (AvgIpc) is 2.61. The molecular formula is C19H30N2O3. The number of rotatable bonds is 7. The molecule has 5 heteroatoms. The molecule has 0 spiro atoms. The topological polar surface area (TPSA) is 61.8 Å². The smallest absolute Gasteiger partial charge is 0.317 e. The predicted octanol–water partition coefficient (Wildman–Crippen LogP) is 2.82. The van der Waals surface area contributed by atoms with Crippen molar-refractivity contribution in [3.05, 3.63) is 29.8 Å². The van der Waals surface area contributed by atoms with Gasteiger partial charge >= 0.3 is 6.03 Å². The highest BCUT2D eigenvalue weighted by Gasteiger charge is 2.24. The van der Waals surface area contributed by atoms with E-state index >= 15 is 0 Å². The molecule has 0 aliphatic carbocycles. The van der Waals surface area contributed by atoms with Crippen molar-refractivity contribution in [2.75, 3.05) is 26.8 Å². The molecule has 1 saturated heterocycles. The molecule has 1 aliphatic heterocycles. The Hall–Kier alpha value is -1.75. The normalized spacial score (nSPS) is 16.7. The van der Waals surface area contributed by atoms with Gasteiger partial charge in [-0.05, 0) is 56.6 Å². The Bertz CT molecular complexity index is 513. The highest BCUT2D eigenvalue weighted by molar-refractivity contribution is 5.74. The Morgan fingerprint density at radius 1 is 1.38 bits per heavy atom. The molecule has 0 bridgehead atoms. The number of amides is 2. The molecule has 134 valence electrons. The van der Waals surface area contributed by atoms with Crippen molar-refractivity contribution >= 4 is 6.03 Å². The summed E-state index contributed by atoms with van der Waals surface area (Å²) < 4.78 is 5.43. The minimum Gasteiger partial charge on any atom is -0.496 e. The second-order valence-corrected chi connectivity index (χ2v) is 6.66. The van der Waals surface area contributed by atoms with Crippen molar-refractivity contribution in [2.45, 2.75) is 45.1 Å². The van der Waals surface area contributed by atoms with Crippen molar-refractivity contribution in [3.63, 3.8) is 0 Å². The van der Waals surface area contributed by atoms with Crippen LogP contribution in [0.1, 0.15) is 38.2 Å². The Labute approximate surface area is 145 Å². The SMILES string of the molecule is COc1ccccc1CC1CCN(C(=O)NC(C)CCCO)CC1. The van der Waals surface area contributed by atoms with Gasteiger partial charge in [-0.25, -0.2) is 4.79 Å². The molecule has 2 amide bonds. The molecule has 0 aromatic heterocycles. The maximum absolute atomic E-state index is 12.3. The summed E-state index contributed by atoms with van der Waals surface area (Å²) >= 11 is 0. The van der Waals surface area contributed by atoms with E-state index in [1.165, 1.54) is 5.56 Å². The molecular weight excluding hydrogens is 304 g/mol. The third kappa shape index (κ3) is 5.41. The molecule has 1 fully saturated rings. The van der Waals surface area contributed by atoms with Gasteiger partial charge in [0.05, 0.1) is 7.11 Å². The molecule has 1 atom stereocenters. The monoisotopic (exact) mass is 334 g/mol. The summed E-state index contributed by atoms with van der Waals surface area (Å²) in [6.45, 7) is 3.77. The van der Waals surface area contributed by atoms with Crippen LogP contribution in [0.15, 0.2) is 24.3 Å². The third-order valence-electron chi connectivity index (χ3n) is 4.77. The van der Waals surface area contributed by atoms with Crippen LogP contribution in [0.3, 0.4) is 0 Å². The highest BCUT2D eigenvalue weighted by atomic mass is 16.5. The highest BCUT2D eigenvalue weighted by Crippen LogP contribution is 2.26. The zero-order valence-electron chi connectivity index (χ0n) is 14.8. The van der Waals surface area contributed by atoms with Gasteiger partial charge < -0.3 is 20.1 Å². The van der Waals surface area contributed by atoms with Crippen LogP contribution >= 0.6 is 0 Å². The van der Waals surface area contributed by atoms with Gasteiger partial charge in [0.2, 0.25) is 0 Å². The summed E-state index contributed by atoms with van der Waals surface area (Å²) in [7, 11) is 1.71. The zero-order chi connectivity index (χ0) is 17.4. The van der Waals surface area contributed by atoms with Crippen LogP contribution in [-0.2, 0) is 6.42 Å². The number of nitrogens with zero attached hydrogens (tertiary/aromatic N) is 1. The van der Waals surface area contributed by atoms with Crippen LogP contribution in [0.4, 0.5) is 4.79 Å². The van der Waals surface area contributed by atoms with Crippen LogP contribution in [0.25, 0.3) is 0 Å². The first-order valence-electron chi connectivity index (χ1n) is 8.92. The number of urea groups is 1. The van der Waals surface area contributed by atoms with Crippen LogP contribution in [-0.4, -0.2) is 48.9 Å². The van der Waals surface area contributed by atoms with E-state index in [1.807, 2.05) is 30.0 Å². The summed E-state index contributed by atoms with van der Waals surface area (Å²) in [5.41, 5.74) is 1.25. The van der Waals surface area contributed by atoms with E-state index < -0.39 is 0 Å². The van der Waals surface area contributed by atoms with Gasteiger partial charge in [-0.3, -0.25) is 0 Å². The number of methoxy groups -OCH3 is 1. The van der Waals surface area contributed by atoms with Gasteiger partial charge in [-0.15, -0.1) is 0 Å². The quantitative estimate of drug-likeness (QED) is 0.806. The first kappa shape index (κ1) is 18.6. The predicted molar refractivity (Wildman–Crippen MR) is 95.3 cm³/mol. The van der Waals surface area contributed by atoms with Gasteiger partial charge in [0.15, 0.2) is 0 Å². The Morgan fingerprint density at radius 2 is 2.08 bits per heavy atom. The Morgan fingerprint density at radius 3 is 2.75 bits per heavy atom. The molecule has 5 nitrogen and oxygen atoms in total. The number of hydrogen-bond donors (Lipinski definition) is 2. The molecule has 1 aliphatic rings. The summed E-state index contributed by atoms with van der Waals surface area (Å²) in [5, 5.41) is 11.9. The molecule has 2 N–H and O–H groups in total. The minimum absolute atomic E-state index is 0.0242. The number of para-hydroxylation sites is 1. The standard InChI is InChI=1S/C19H30N2O3/c1-15(6-5-13-22)20-19(23)21-11-9-16(10-12-21)14-17-7-3-4-8-18(17)24-2/h3-4,7-8,15-16,22H,5-6,9-14H2,1-2H3,(H,20,23). The number of aliphatic hydroxyl groups excluding tert-OH is 1. The largest absolute Gasteiger partial charge is 0.496 e. The first-order chi connectivity index (χ1) is 11.6. The molecule has 0 radical (unpaired) electrons. The van der Waals surface area contributed by atoms with Gasteiger partial charge in [0.1, 0.15) is 5.75 Å². The van der Waals surface area contributed by atoms with Gasteiger partial charge in [0, 0.05) is 25.7 Å². The van der Waals surface area contributed by atoms with E-state index in [0.29, 0.717) is 5.92 Å². The molecule has 1 aromatic carbocycles. The molecule has 1 aromatic rings. The fourth-order valence-corrected chi connectivity index (χ4v) is 3.29. The number of nitrogens with one attached hydrogen (secondary N) is 1. The molecule has 1 heterocycles. The van der Waals surface area contributed by atoms with Crippen LogP contribution in [0.5, 0.6) is 5.75 Å². The van der Waals surface area contributed by atoms with Crippen LogP contribution < -0.4 is 10.1 Å². The lowest BCUT2D eigenvalue weighted by molar-refractivity contribution is 0.166. The summed E-state index contributed by atoms with van der Waals surface area (Å²) in [6.07, 6.45) is 4.59. The maximum Gasteiger partial charge on any atom is 0.317 e. The number of hydrogen-bond acceptors (Lipinski definition) is 3. The fraction of sp³-hybridized carbons (Fsp3) is 0.632. The number of benzene rings is 1.